The molecule has 0 heterocycles. The molecule has 0 aromatic heterocycles. The quantitative estimate of drug-likeness (QED) is 0.824. The minimum atomic E-state index is -0.925. The van der Waals surface area contributed by atoms with Gasteiger partial charge in [0, 0.05) is 12.0 Å². The molecule has 3 N–H and O–H groups in total. The highest BCUT2D eigenvalue weighted by atomic mass is 19.1. The topological polar surface area (TPSA) is 63.3 Å². The Morgan fingerprint density at radius 1 is 1.56 bits per heavy atom. The third-order valence-electron chi connectivity index (χ3n) is 2.67. The fourth-order valence-electron chi connectivity index (χ4n) is 1.78. The van der Waals surface area contributed by atoms with Crippen LogP contribution >= 0.6 is 0 Å². The lowest BCUT2D eigenvalue weighted by atomic mass is 9.87. The number of halogens is 1. The molecule has 0 spiro atoms. The minimum Gasteiger partial charge on any atom is -0.481 e. The zero-order chi connectivity index (χ0) is 12.3. The molecular weight excluding hydrogens is 209 g/mol. The van der Waals surface area contributed by atoms with Gasteiger partial charge in [-0.15, -0.1) is 0 Å². The van der Waals surface area contributed by atoms with Gasteiger partial charge in [0.1, 0.15) is 5.82 Å². The van der Waals surface area contributed by atoms with Gasteiger partial charge in [0.2, 0.25) is 0 Å². The van der Waals surface area contributed by atoms with E-state index >= 15 is 0 Å². The van der Waals surface area contributed by atoms with Crippen LogP contribution in [0.4, 0.5) is 4.39 Å². The van der Waals surface area contributed by atoms with Crippen molar-refractivity contribution in [2.24, 2.45) is 5.73 Å². The highest BCUT2D eigenvalue weighted by Gasteiger charge is 2.21. The van der Waals surface area contributed by atoms with Crippen LogP contribution in [0.2, 0.25) is 0 Å². The number of hydrogen-bond acceptors (Lipinski definition) is 2. The van der Waals surface area contributed by atoms with Crippen molar-refractivity contribution >= 4 is 5.97 Å². The van der Waals surface area contributed by atoms with E-state index in [1.165, 1.54) is 12.1 Å². The van der Waals surface area contributed by atoms with E-state index in [1.807, 2.05) is 6.92 Å². The molecule has 4 heteroatoms. The minimum absolute atomic E-state index is 0.0814. The van der Waals surface area contributed by atoms with E-state index in [0.29, 0.717) is 5.56 Å². The van der Waals surface area contributed by atoms with Crippen LogP contribution < -0.4 is 5.73 Å². The Kier molecular flexibility index (Phi) is 4.01. The van der Waals surface area contributed by atoms with Gasteiger partial charge in [0.15, 0.2) is 0 Å². The molecule has 88 valence electrons. The van der Waals surface area contributed by atoms with Gasteiger partial charge in [-0.2, -0.15) is 0 Å². The first-order chi connectivity index (χ1) is 7.41. The Morgan fingerprint density at radius 3 is 2.69 bits per heavy atom. The van der Waals surface area contributed by atoms with E-state index < -0.39 is 5.97 Å². The number of aliphatic carboxylic acids is 1. The smallest absolute Gasteiger partial charge is 0.304 e. The summed E-state index contributed by atoms with van der Waals surface area (Å²) in [7, 11) is 0. The van der Waals surface area contributed by atoms with Crippen LogP contribution in [0.3, 0.4) is 0 Å². The second-order valence-corrected chi connectivity index (χ2v) is 4.06. The second kappa shape index (κ2) is 5.07. The van der Waals surface area contributed by atoms with Crippen molar-refractivity contribution in [1.82, 2.24) is 0 Å². The molecule has 0 saturated carbocycles. The molecule has 0 fully saturated rings. The van der Waals surface area contributed by atoms with Crippen LogP contribution in [0, 0.1) is 12.7 Å². The molecule has 0 aliphatic carbocycles. The average Bonchev–Trinajstić information content (AvgIpc) is 2.18. The molecule has 0 amide bonds. The fraction of sp³-hybridized carbons (Fsp3) is 0.417. The summed E-state index contributed by atoms with van der Waals surface area (Å²) in [5.41, 5.74) is 7.29. The molecule has 2 unspecified atom stereocenters. The van der Waals surface area contributed by atoms with Gasteiger partial charge < -0.3 is 10.8 Å². The Morgan fingerprint density at radius 2 is 2.19 bits per heavy atom. The van der Waals surface area contributed by atoms with E-state index in [1.54, 1.807) is 13.0 Å². The zero-order valence-electron chi connectivity index (χ0n) is 9.40. The molecule has 0 bridgehead atoms. The summed E-state index contributed by atoms with van der Waals surface area (Å²) < 4.78 is 13.1. The number of rotatable bonds is 4. The molecule has 0 saturated heterocycles. The van der Waals surface area contributed by atoms with Crippen LogP contribution in [-0.4, -0.2) is 17.1 Å². The van der Waals surface area contributed by atoms with Crippen molar-refractivity contribution in [2.75, 3.05) is 0 Å². The first-order valence-corrected chi connectivity index (χ1v) is 5.15. The lowest BCUT2D eigenvalue weighted by Gasteiger charge is -2.21. The third-order valence-corrected chi connectivity index (χ3v) is 2.67. The van der Waals surface area contributed by atoms with Gasteiger partial charge in [0.05, 0.1) is 6.42 Å². The molecule has 1 aromatic rings. The molecular formula is C12H16FNO2. The van der Waals surface area contributed by atoms with Gasteiger partial charge in [0.25, 0.3) is 0 Å². The lowest BCUT2D eigenvalue weighted by molar-refractivity contribution is -0.137. The van der Waals surface area contributed by atoms with Crippen LogP contribution in [0.1, 0.15) is 30.4 Å². The lowest BCUT2D eigenvalue weighted by Crippen LogP contribution is -2.27. The number of carboxylic acid groups (broad SMARTS) is 1. The maximum atomic E-state index is 13.1. The molecule has 2 atom stereocenters. The number of aryl methyl sites for hydroxylation is 1. The van der Waals surface area contributed by atoms with Crippen molar-refractivity contribution in [2.45, 2.75) is 32.2 Å². The summed E-state index contributed by atoms with van der Waals surface area (Å²) in [5.74, 6) is -1.64. The number of nitrogens with two attached hydrogens (primary N) is 1. The van der Waals surface area contributed by atoms with Gasteiger partial charge in [-0.3, -0.25) is 4.79 Å². The number of benzene rings is 1. The maximum absolute atomic E-state index is 13.1. The van der Waals surface area contributed by atoms with Gasteiger partial charge >= 0.3 is 5.97 Å². The van der Waals surface area contributed by atoms with Crippen molar-refractivity contribution < 1.29 is 14.3 Å². The van der Waals surface area contributed by atoms with Gasteiger partial charge in [-0.1, -0.05) is 6.07 Å². The number of hydrogen-bond donors (Lipinski definition) is 2. The van der Waals surface area contributed by atoms with Crippen LogP contribution in [0.5, 0.6) is 0 Å². The maximum Gasteiger partial charge on any atom is 0.304 e. The second-order valence-electron chi connectivity index (χ2n) is 4.06. The monoisotopic (exact) mass is 225 g/mol. The molecule has 0 radical (unpaired) electrons. The summed E-state index contributed by atoms with van der Waals surface area (Å²) in [4.78, 5) is 10.7. The molecule has 16 heavy (non-hydrogen) atoms. The van der Waals surface area contributed by atoms with E-state index in [-0.39, 0.29) is 24.2 Å². The van der Waals surface area contributed by atoms with Gasteiger partial charge in [-0.05, 0) is 37.1 Å². The normalized spacial score (nSPS) is 14.5. The third kappa shape index (κ3) is 3.03. The van der Waals surface area contributed by atoms with Crippen molar-refractivity contribution in [3.8, 4) is 0 Å². The predicted molar refractivity (Wildman–Crippen MR) is 59.8 cm³/mol. The SMILES string of the molecule is Cc1ccc(F)cc1C(CC(=O)O)C(C)N. The Bertz CT molecular complexity index is 391. The van der Waals surface area contributed by atoms with Crippen molar-refractivity contribution in [3.63, 3.8) is 0 Å². The number of carboxylic acids is 1. The van der Waals surface area contributed by atoms with E-state index in [4.69, 9.17) is 10.8 Å². The van der Waals surface area contributed by atoms with E-state index in [2.05, 4.69) is 0 Å². The molecule has 0 aliphatic rings. The summed E-state index contributed by atoms with van der Waals surface area (Å²) in [6.45, 7) is 3.56. The fourth-order valence-corrected chi connectivity index (χ4v) is 1.78. The first-order valence-electron chi connectivity index (χ1n) is 5.15. The van der Waals surface area contributed by atoms with Crippen LogP contribution in [-0.2, 0) is 4.79 Å². The Balaban J connectivity index is 3.09. The molecule has 0 aliphatic heterocycles. The summed E-state index contributed by atoms with van der Waals surface area (Å²) in [6.07, 6.45) is -0.0814. The Hall–Kier alpha value is -1.42. The van der Waals surface area contributed by atoms with E-state index in [9.17, 15) is 9.18 Å². The standard InChI is InChI=1S/C12H16FNO2/c1-7-3-4-9(13)5-10(7)11(8(2)14)6-12(15)16/h3-5,8,11H,6,14H2,1-2H3,(H,15,16). The summed E-state index contributed by atoms with van der Waals surface area (Å²) in [5, 5.41) is 8.80. The summed E-state index contributed by atoms with van der Waals surface area (Å²) >= 11 is 0. The van der Waals surface area contributed by atoms with Crippen molar-refractivity contribution in [1.29, 1.82) is 0 Å². The van der Waals surface area contributed by atoms with E-state index in [0.717, 1.165) is 5.56 Å². The molecule has 3 nitrogen and oxygen atoms in total. The predicted octanol–water partition coefficient (Wildman–Crippen LogP) is 2.04. The first kappa shape index (κ1) is 12.6. The Labute approximate surface area is 94.1 Å². The highest BCUT2D eigenvalue weighted by Crippen LogP contribution is 2.26. The van der Waals surface area contributed by atoms with Crippen molar-refractivity contribution in [3.05, 3.63) is 35.1 Å². The highest BCUT2D eigenvalue weighted by molar-refractivity contribution is 5.68. The summed E-state index contributed by atoms with van der Waals surface area (Å²) in [6, 6.07) is 4.04. The van der Waals surface area contributed by atoms with Crippen LogP contribution in [0.25, 0.3) is 0 Å². The molecule has 1 rings (SSSR count). The zero-order valence-corrected chi connectivity index (χ0v) is 9.40. The van der Waals surface area contributed by atoms with Crippen LogP contribution in [0.15, 0.2) is 18.2 Å². The molecule has 1 aromatic carbocycles. The average molecular weight is 225 g/mol. The largest absolute Gasteiger partial charge is 0.481 e. The van der Waals surface area contributed by atoms with Gasteiger partial charge in [-0.25, -0.2) is 4.39 Å². The number of carbonyl (C=O) groups is 1.